The first kappa shape index (κ1) is 13.0. The maximum absolute atomic E-state index is 12.2. The van der Waals surface area contributed by atoms with Gasteiger partial charge in [-0.1, -0.05) is 28.1 Å². The number of hydrogen-bond acceptors (Lipinski definition) is 2. The average molecular weight is 286 g/mol. The molecule has 0 atom stereocenters. The summed E-state index contributed by atoms with van der Waals surface area (Å²) in [7, 11) is 1.58. The Morgan fingerprint density at radius 2 is 2.12 bits per heavy atom. The number of hydrogen-bond donors (Lipinski definition) is 0. The van der Waals surface area contributed by atoms with Crippen LogP contribution in [0.5, 0.6) is 5.75 Å². The lowest BCUT2D eigenvalue weighted by Crippen LogP contribution is -2.32. The summed E-state index contributed by atoms with van der Waals surface area (Å²) in [4.78, 5) is 14.0. The molecule has 0 aliphatic rings. The smallest absolute Gasteiger partial charge is 0.257 e. The van der Waals surface area contributed by atoms with Gasteiger partial charge < -0.3 is 9.64 Å². The zero-order valence-electron chi connectivity index (χ0n) is 9.57. The third-order valence-electron chi connectivity index (χ3n) is 2.36. The van der Waals surface area contributed by atoms with Crippen LogP contribution in [0.25, 0.3) is 0 Å². The number of carbonyl (C=O) groups excluding carboxylic acids is 1. The Morgan fingerprint density at radius 3 is 2.69 bits per heavy atom. The lowest BCUT2D eigenvalue weighted by atomic mass is 10.1. The van der Waals surface area contributed by atoms with E-state index >= 15 is 0 Å². The highest BCUT2D eigenvalue weighted by molar-refractivity contribution is 9.09. The van der Waals surface area contributed by atoms with Gasteiger partial charge in [-0.3, -0.25) is 4.79 Å². The molecule has 1 aromatic rings. The third-order valence-corrected chi connectivity index (χ3v) is 2.72. The first-order valence-corrected chi connectivity index (χ1v) is 6.35. The second-order valence-electron chi connectivity index (χ2n) is 3.27. The number of methoxy groups -OCH3 is 1. The zero-order valence-corrected chi connectivity index (χ0v) is 11.2. The standard InChI is InChI=1S/C12H16BrNO2/c1-3-14(9-8-13)12(15)10-6-4-5-7-11(10)16-2/h4-7H,3,8-9H2,1-2H3. The minimum Gasteiger partial charge on any atom is -0.496 e. The van der Waals surface area contributed by atoms with Crippen molar-refractivity contribution in [2.75, 3.05) is 25.5 Å². The fourth-order valence-corrected chi connectivity index (χ4v) is 1.93. The van der Waals surface area contributed by atoms with Gasteiger partial charge in [-0.05, 0) is 19.1 Å². The fraction of sp³-hybridized carbons (Fsp3) is 0.417. The summed E-state index contributed by atoms with van der Waals surface area (Å²) in [6, 6.07) is 7.29. The van der Waals surface area contributed by atoms with Crippen molar-refractivity contribution in [3.63, 3.8) is 0 Å². The van der Waals surface area contributed by atoms with E-state index in [1.807, 2.05) is 19.1 Å². The molecule has 0 saturated carbocycles. The predicted molar refractivity (Wildman–Crippen MR) is 68.4 cm³/mol. The second kappa shape index (κ2) is 6.53. The van der Waals surface area contributed by atoms with Gasteiger partial charge >= 0.3 is 0 Å². The number of alkyl halides is 1. The number of halogens is 1. The normalized spacial score (nSPS) is 9.94. The Hall–Kier alpha value is -1.03. The van der Waals surface area contributed by atoms with E-state index < -0.39 is 0 Å². The highest BCUT2D eigenvalue weighted by Gasteiger charge is 2.16. The van der Waals surface area contributed by atoms with E-state index in [9.17, 15) is 4.79 Å². The average Bonchev–Trinajstić information content (AvgIpc) is 2.35. The van der Waals surface area contributed by atoms with Gasteiger partial charge in [-0.25, -0.2) is 0 Å². The highest BCUT2D eigenvalue weighted by atomic mass is 79.9. The van der Waals surface area contributed by atoms with Gasteiger partial charge in [0, 0.05) is 18.4 Å². The van der Waals surface area contributed by atoms with Crippen molar-refractivity contribution in [3.05, 3.63) is 29.8 Å². The van der Waals surface area contributed by atoms with Crippen LogP contribution >= 0.6 is 15.9 Å². The number of para-hydroxylation sites is 1. The summed E-state index contributed by atoms with van der Waals surface area (Å²) >= 11 is 3.34. The Labute approximate surface area is 105 Å². The highest BCUT2D eigenvalue weighted by Crippen LogP contribution is 2.19. The lowest BCUT2D eigenvalue weighted by molar-refractivity contribution is 0.0771. The molecule has 1 rings (SSSR count). The Kier molecular flexibility index (Phi) is 5.32. The molecule has 1 amide bonds. The summed E-state index contributed by atoms with van der Waals surface area (Å²) in [6.45, 7) is 3.37. The molecule has 1 aromatic carbocycles. The molecule has 0 spiro atoms. The SMILES string of the molecule is CCN(CCBr)C(=O)c1ccccc1OC. The molecular weight excluding hydrogens is 270 g/mol. The summed E-state index contributed by atoms with van der Waals surface area (Å²) in [5.74, 6) is 0.639. The third kappa shape index (κ3) is 2.98. The van der Waals surface area contributed by atoms with Crippen molar-refractivity contribution in [2.24, 2.45) is 0 Å². The summed E-state index contributed by atoms with van der Waals surface area (Å²) < 4.78 is 5.18. The number of rotatable bonds is 5. The molecular formula is C12H16BrNO2. The molecule has 0 unspecified atom stereocenters. The van der Waals surface area contributed by atoms with Crippen molar-refractivity contribution in [1.82, 2.24) is 4.90 Å². The van der Waals surface area contributed by atoms with E-state index in [1.165, 1.54) is 0 Å². The van der Waals surface area contributed by atoms with Gasteiger partial charge in [0.2, 0.25) is 0 Å². The zero-order chi connectivity index (χ0) is 12.0. The maximum atomic E-state index is 12.2. The van der Waals surface area contributed by atoms with Gasteiger partial charge in [0.25, 0.3) is 5.91 Å². The van der Waals surface area contributed by atoms with E-state index in [4.69, 9.17) is 4.74 Å². The van der Waals surface area contributed by atoms with Crippen LogP contribution in [0.2, 0.25) is 0 Å². The molecule has 0 saturated heterocycles. The Bertz CT molecular complexity index is 355. The van der Waals surface area contributed by atoms with Crippen LogP contribution in [0.4, 0.5) is 0 Å². The van der Waals surface area contributed by atoms with Gasteiger partial charge in [-0.2, -0.15) is 0 Å². The van der Waals surface area contributed by atoms with E-state index in [0.717, 1.165) is 5.33 Å². The van der Waals surface area contributed by atoms with Crippen LogP contribution in [0.3, 0.4) is 0 Å². The molecule has 88 valence electrons. The van der Waals surface area contributed by atoms with E-state index in [-0.39, 0.29) is 5.91 Å². The summed E-state index contributed by atoms with van der Waals surface area (Å²) in [5.41, 5.74) is 0.618. The number of benzene rings is 1. The summed E-state index contributed by atoms with van der Waals surface area (Å²) in [6.07, 6.45) is 0. The topological polar surface area (TPSA) is 29.5 Å². The molecule has 0 fully saturated rings. The Balaban J connectivity index is 2.93. The molecule has 3 nitrogen and oxygen atoms in total. The first-order valence-electron chi connectivity index (χ1n) is 5.22. The minimum atomic E-state index is 0.0133. The van der Waals surface area contributed by atoms with Crippen molar-refractivity contribution in [2.45, 2.75) is 6.92 Å². The van der Waals surface area contributed by atoms with Crippen molar-refractivity contribution in [1.29, 1.82) is 0 Å². The van der Waals surface area contributed by atoms with Gasteiger partial charge in [0.15, 0.2) is 0 Å². The molecule has 0 heterocycles. The summed E-state index contributed by atoms with van der Waals surface area (Å²) in [5, 5.41) is 0.779. The number of nitrogens with zero attached hydrogens (tertiary/aromatic N) is 1. The molecule has 0 aliphatic heterocycles. The Morgan fingerprint density at radius 1 is 1.44 bits per heavy atom. The van der Waals surface area contributed by atoms with Crippen LogP contribution in [0.15, 0.2) is 24.3 Å². The van der Waals surface area contributed by atoms with Crippen LogP contribution in [0, 0.1) is 0 Å². The molecule has 0 radical (unpaired) electrons. The quantitative estimate of drug-likeness (QED) is 0.778. The van der Waals surface area contributed by atoms with E-state index in [1.54, 1.807) is 24.1 Å². The number of carbonyl (C=O) groups is 1. The minimum absolute atomic E-state index is 0.0133. The molecule has 0 N–H and O–H groups in total. The largest absolute Gasteiger partial charge is 0.496 e. The number of amides is 1. The predicted octanol–water partition coefficient (Wildman–Crippen LogP) is 2.55. The lowest BCUT2D eigenvalue weighted by Gasteiger charge is -2.20. The van der Waals surface area contributed by atoms with Crippen molar-refractivity contribution in [3.8, 4) is 5.75 Å². The van der Waals surface area contributed by atoms with Gasteiger partial charge in [0.05, 0.1) is 12.7 Å². The van der Waals surface area contributed by atoms with Gasteiger partial charge in [-0.15, -0.1) is 0 Å². The van der Waals surface area contributed by atoms with Crippen molar-refractivity contribution < 1.29 is 9.53 Å². The van der Waals surface area contributed by atoms with E-state index in [0.29, 0.717) is 24.4 Å². The van der Waals surface area contributed by atoms with Gasteiger partial charge in [0.1, 0.15) is 5.75 Å². The van der Waals surface area contributed by atoms with E-state index in [2.05, 4.69) is 15.9 Å². The van der Waals surface area contributed by atoms with Crippen molar-refractivity contribution >= 4 is 21.8 Å². The molecule has 0 aromatic heterocycles. The fourth-order valence-electron chi connectivity index (χ4n) is 1.50. The first-order chi connectivity index (χ1) is 7.74. The van der Waals surface area contributed by atoms with Crippen LogP contribution in [-0.4, -0.2) is 36.3 Å². The van der Waals surface area contributed by atoms with Crippen LogP contribution < -0.4 is 4.74 Å². The number of ether oxygens (including phenoxy) is 1. The second-order valence-corrected chi connectivity index (χ2v) is 4.07. The molecule has 4 heteroatoms. The monoisotopic (exact) mass is 285 g/mol. The van der Waals surface area contributed by atoms with Crippen LogP contribution in [-0.2, 0) is 0 Å². The molecule has 0 bridgehead atoms. The maximum Gasteiger partial charge on any atom is 0.257 e. The molecule has 16 heavy (non-hydrogen) atoms. The van der Waals surface area contributed by atoms with Crippen LogP contribution in [0.1, 0.15) is 17.3 Å². The molecule has 0 aliphatic carbocycles.